The third kappa shape index (κ3) is 3.96. The van der Waals surface area contributed by atoms with Crippen LogP contribution in [0.15, 0.2) is 66.9 Å². The molecule has 0 saturated carbocycles. The lowest BCUT2D eigenvalue weighted by molar-refractivity contribution is 0.0600. The summed E-state index contributed by atoms with van der Waals surface area (Å²) in [6.45, 7) is 0.927. The number of hydrogen-bond donors (Lipinski definition) is 1. The van der Waals surface area contributed by atoms with Crippen LogP contribution in [0.3, 0.4) is 0 Å². The zero-order valence-electron chi connectivity index (χ0n) is 16.1. The summed E-state index contributed by atoms with van der Waals surface area (Å²) in [6, 6.07) is 18.5. The Morgan fingerprint density at radius 3 is 2.55 bits per heavy atom. The summed E-state index contributed by atoms with van der Waals surface area (Å²) in [6.07, 6.45) is 3.90. The van der Waals surface area contributed by atoms with Crippen molar-refractivity contribution in [1.29, 1.82) is 0 Å². The molecule has 0 unspecified atom stereocenters. The molecule has 3 aromatic rings. The highest BCUT2D eigenvalue weighted by Crippen LogP contribution is 2.32. The predicted octanol–water partition coefficient (Wildman–Crippen LogP) is 4.20. The quantitative estimate of drug-likeness (QED) is 0.679. The van der Waals surface area contributed by atoms with Crippen LogP contribution < -0.4 is 10.2 Å². The molecule has 0 spiro atoms. The molecule has 2 heterocycles. The van der Waals surface area contributed by atoms with Gasteiger partial charge in [0.15, 0.2) is 0 Å². The number of carbonyl (C=O) groups excluding carboxylic acids is 2. The first kappa shape index (κ1) is 18.7. The number of fused-ring (bicyclic) bond motifs is 1. The fourth-order valence-electron chi connectivity index (χ4n) is 3.48. The summed E-state index contributed by atoms with van der Waals surface area (Å²) in [4.78, 5) is 30.6. The smallest absolute Gasteiger partial charge is 0.337 e. The van der Waals surface area contributed by atoms with Crippen molar-refractivity contribution in [2.45, 2.75) is 12.8 Å². The number of rotatable bonds is 4. The van der Waals surface area contributed by atoms with E-state index in [4.69, 9.17) is 0 Å². The molecule has 1 aliphatic heterocycles. The fourth-order valence-corrected chi connectivity index (χ4v) is 3.48. The van der Waals surface area contributed by atoms with Crippen molar-refractivity contribution in [2.75, 3.05) is 23.9 Å². The second kappa shape index (κ2) is 8.14. The van der Waals surface area contributed by atoms with Crippen molar-refractivity contribution in [1.82, 2.24) is 4.98 Å². The molecule has 1 N–H and O–H groups in total. The van der Waals surface area contributed by atoms with Gasteiger partial charge in [-0.3, -0.25) is 4.79 Å². The van der Waals surface area contributed by atoms with E-state index in [9.17, 15) is 9.59 Å². The molecule has 0 radical (unpaired) electrons. The second-order valence-corrected chi connectivity index (χ2v) is 6.81. The maximum atomic E-state index is 12.5. The van der Waals surface area contributed by atoms with Gasteiger partial charge in [0.25, 0.3) is 5.91 Å². The standard InChI is InChI=1S/C23H21N3O3/c1-29-23(28)17-8-10-18(11-9-17)25-22(27)20-13-12-19(15-24-20)26-14-4-6-16-5-2-3-7-21(16)26/h2-3,5,7-13,15H,4,6,14H2,1H3,(H,25,27). The number of benzene rings is 2. The summed E-state index contributed by atoms with van der Waals surface area (Å²) < 4.78 is 4.67. The Kier molecular flexibility index (Phi) is 5.24. The number of aryl methyl sites for hydroxylation is 1. The molecule has 29 heavy (non-hydrogen) atoms. The third-order valence-electron chi connectivity index (χ3n) is 4.97. The second-order valence-electron chi connectivity index (χ2n) is 6.81. The van der Waals surface area contributed by atoms with Crippen molar-refractivity contribution >= 4 is 28.9 Å². The van der Waals surface area contributed by atoms with Gasteiger partial charge in [0.1, 0.15) is 5.69 Å². The Bertz CT molecular complexity index is 1030. The van der Waals surface area contributed by atoms with E-state index in [1.807, 2.05) is 12.1 Å². The van der Waals surface area contributed by atoms with Gasteiger partial charge in [0.2, 0.25) is 0 Å². The largest absolute Gasteiger partial charge is 0.465 e. The van der Waals surface area contributed by atoms with Gasteiger partial charge in [-0.2, -0.15) is 0 Å². The molecule has 1 aromatic heterocycles. The molecule has 4 rings (SSSR count). The van der Waals surface area contributed by atoms with Gasteiger partial charge in [-0.15, -0.1) is 0 Å². The highest BCUT2D eigenvalue weighted by Gasteiger charge is 2.18. The third-order valence-corrected chi connectivity index (χ3v) is 4.97. The average Bonchev–Trinajstić information content (AvgIpc) is 2.78. The summed E-state index contributed by atoms with van der Waals surface area (Å²) in [5, 5.41) is 2.79. The number of esters is 1. The zero-order chi connectivity index (χ0) is 20.2. The van der Waals surface area contributed by atoms with E-state index in [1.165, 1.54) is 18.4 Å². The van der Waals surface area contributed by atoms with E-state index < -0.39 is 5.97 Å². The van der Waals surface area contributed by atoms with Crippen LogP contribution in [0.1, 0.15) is 32.8 Å². The van der Waals surface area contributed by atoms with E-state index in [-0.39, 0.29) is 5.91 Å². The molecule has 0 saturated heterocycles. The molecule has 0 atom stereocenters. The van der Waals surface area contributed by atoms with Gasteiger partial charge >= 0.3 is 5.97 Å². The van der Waals surface area contributed by atoms with E-state index in [1.54, 1.807) is 36.5 Å². The van der Waals surface area contributed by atoms with Crippen LogP contribution in [-0.4, -0.2) is 30.5 Å². The Balaban J connectivity index is 1.47. The number of para-hydroxylation sites is 1. The molecule has 0 aliphatic carbocycles. The van der Waals surface area contributed by atoms with Crippen LogP contribution in [0.2, 0.25) is 0 Å². The van der Waals surface area contributed by atoms with Gasteiger partial charge in [0.05, 0.1) is 24.6 Å². The van der Waals surface area contributed by atoms with Gasteiger partial charge in [-0.05, 0) is 60.9 Å². The number of nitrogens with one attached hydrogen (secondary N) is 1. The molecular weight excluding hydrogens is 366 g/mol. The summed E-state index contributed by atoms with van der Waals surface area (Å²) in [7, 11) is 1.33. The topological polar surface area (TPSA) is 71.5 Å². The number of methoxy groups -OCH3 is 1. The minimum absolute atomic E-state index is 0.304. The number of carbonyl (C=O) groups is 2. The lowest BCUT2D eigenvalue weighted by Gasteiger charge is -2.31. The first-order valence-electron chi connectivity index (χ1n) is 9.47. The van der Waals surface area contributed by atoms with Crippen molar-refractivity contribution in [3.63, 3.8) is 0 Å². The van der Waals surface area contributed by atoms with Gasteiger partial charge < -0.3 is 15.0 Å². The van der Waals surface area contributed by atoms with Crippen LogP contribution >= 0.6 is 0 Å². The number of anilines is 3. The van der Waals surface area contributed by atoms with Crippen molar-refractivity contribution < 1.29 is 14.3 Å². The Morgan fingerprint density at radius 1 is 1.03 bits per heavy atom. The summed E-state index contributed by atoms with van der Waals surface area (Å²) in [5.41, 5.74) is 4.83. The van der Waals surface area contributed by atoms with E-state index in [0.29, 0.717) is 16.9 Å². The lowest BCUT2D eigenvalue weighted by atomic mass is 10.0. The van der Waals surface area contributed by atoms with E-state index in [2.05, 4.69) is 38.1 Å². The molecule has 6 nitrogen and oxygen atoms in total. The highest BCUT2D eigenvalue weighted by atomic mass is 16.5. The first-order chi connectivity index (χ1) is 14.2. The van der Waals surface area contributed by atoms with Gasteiger partial charge in [0, 0.05) is 17.9 Å². The normalized spacial score (nSPS) is 12.8. The molecule has 0 fully saturated rings. The lowest BCUT2D eigenvalue weighted by Crippen LogP contribution is -2.24. The van der Waals surface area contributed by atoms with Crippen molar-refractivity contribution in [2.24, 2.45) is 0 Å². The Hall–Kier alpha value is -3.67. The van der Waals surface area contributed by atoms with Gasteiger partial charge in [-0.25, -0.2) is 9.78 Å². The van der Waals surface area contributed by atoms with Crippen LogP contribution in [0.4, 0.5) is 17.1 Å². The minimum atomic E-state index is -0.417. The molecular formula is C23H21N3O3. The van der Waals surface area contributed by atoms with E-state index >= 15 is 0 Å². The number of hydrogen-bond acceptors (Lipinski definition) is 5. The monoisotopic (exact) mass is 387 g/mol. The van der Waals surface area contributed by atoms with Gasteiger partial charge in [-0.1, -0.05) is 18.2 Å². The van der Waals surface area contributed by atoms with Crippen LogP contribution in [0.5, 0.6) is 0 Å². The fraction of sp³-hybridized carbons (Fsp3) is 0.174. The SMILES string of the molecule is COC(=O)c1ccc(NC(=O)c2ccc(N3CCCc4ccccc43)cn2)cc1. The maximum absolute atomic E-state index is 12.5. The summed E-state index contributed by atoms with van der Waals surface area (Å²) >= 11 is 0. The molecule has 0 bridgehead atoms. The molecule has 2 aromatic carbocycles. The Morgan fingerprint density at radius 2 is 1.83 bits per heavy atom. The zero-order valence-corrected chi connectivity index (χ0v) is 16.1. The minimum Gasteiger partial charge on any atom is -0.465 e. The molecule has 1 amide bonds. The number of amides is 1. The Labute approximate surface area is 169 Å². The molecule has 146 valence electrons. The van der Waals surface area contributed by atoms with Crippen molar-refractivity contribution in [3.05, 3.63) is 83.7 Å². The number of pyridine rings is 1. The van der Waals surface area contributed by atoms with Crippen molar-refractivity contribution in [3.8, 4) is 0 Å². The number of aromatic nitrogens is 1. The maximum Gasteiger partial charge on any atom is 0.337 e. The molecule has 6 heteroatoms. The van der Waals surface area contributed by atoms with E-state index in [0.717, 1.165) is 25.1 Å². The first-order valence-corrected chi connectivity index (χ1v) is 9.47. The average molecular weight is 387 g/mol. The van der Waals surface area contributed by atoms with Crippen LogP contribution in [0.25, 0.3) is 0 Å². The summed E-state index contributed by atoms with van der Waals surface area (Å²) in [5.74, 6) is -0.721. The highest BCUT2D eigenvalue weighted by molar-refractivity contribution is 6.03. The predicted molar refractivity (Wildman–Crippen MR) is 112 cm³/mol. The number of ether oxygens (including phenoxy) is 1. The van der Waals surface area contributed by atoms with Crippen LogP contribution in [0, 0.1) is 0 Å². The molecule has 1 aliphatic rings. The van der Waals surface area contributed by atoms with Crippen LogP contribution in [-0.2, 0) is 11.2 Å². The number of nitrogens with zero attached hydrogens (tertiary/aromatic N) is 2.